The largest absolute Gasteiger partial charge is 0.481 e. The highest BCUT2D eigenvalue weighted by molar-refractivity contribution is 5.69. The third-order valence-corrected chi connectivity index (χ3v) is 2.80. The van der Waals surface area contributed by atoms with Gasteiger partial charge in [-0.3, -0.25) is 9.59 Å². The van der Waals surface area contributed by atoms with Crippen LogP contribution >= 0.6 is 0 Å². The maximum absolute atomic E-state index is 11.2. The van der Waals surface area contributed by atoms with Gasteiger partial charge in [0.25, 0.3) is 0 Å². The lowest BCUT2D eigenvalue weighted by atomic mass is 10.1. The molecule has 0 aliphatic carbocycles. The van der Waals surface area contributed by atoms with Gasteiger partial charge in [-0.25, -0.2) is 0 Å². The summed E-state index contributed by atoms with van der Waals surface area (Å²) in [6, 6.07) is 3.06. The average Bonchev–Trinajstić information content (AvgIpc) is 2.15. The number of hydrogen-bond acceptors (Lipinski definition) is 2. The Balaban J connectivity index is 3.05. The summed E-state index contributed by atoms with van der Waals surface area (Å²) >= 11 is 0. The van der Waals surface area contributed by atoms with Gasteiger partial charge in [-0.15, -0.1) is 0 Å². The number of aliphatic carboxylic acids is 1. The SMILES string of the molecule is CCC(Cn1c(C)cc(=O)cc1C)C(=O)O. The molecule has 0 aromatic carbocycles. The molecule has 0 fully saturated rings. The van der Waals surface area contributed by atoms with E-state index in [4.69, 9.17) is 5.11 Å². The van der Waals surface area contributed by atoms with Gasteiger partial charge >= 0.3 is 5.97 Å². The maximum atomic E-state index is 11.2. The molecule has 4 nitrogen and oxygen atoms in total. The molecule has 0 aliphatic rings. The molecule has 1 aromatic heterocycles. The van der Waals surface area contributed by atoms with Crippen LogP contribution in [0.25, 0.3) is 0 Å². The van der Waals surface area contributed by atoms with Gasteiger partial charge in [-0.1, -0.05) is 6.92 Å². The molecular formula is C12H17NO3. The van der Waals surface area contributed by atoms with E-state index in [9.17, 15) is 9.59 Å². The topological polar surface area (TPSA) is 59.3 Å². The minimum atomic E-state index is -0.792. The first-order valence-electron chi connectivity index (χ1n) is 5.36. The lowest BCUT2D eigenvalue weighted by Crippen LogP contribution is -2.23. The molecule has 1 atom stereocenters. The standard InChI is InChI=1S/C12H17NO3/c1-4-10(12(15)16)7-13-8(2)5-11(14)6-9(13)3/h5-6,10H,4,7H2,1-3H3,(H,15,16). The van der Waals surface area contributed by atoms with Gasteiger partial charge < -0.3 is 9.67 Å². The number of carboxylic acids is 1. The van der Waals surface area contributed by atoms with Crippen molar-refractivity contribution in [3.63, 3.8) is 0 Å². The number of hydrogen-bond donors (Lipinski definition) is 1. The van der Waals surface area contributed by atoms with Crippen LogP contribution in [0.15, 0.2) is 16.9 Å². The van der Waals surface area contributed by atoms with Crippen LogP contribution in [0.1, 0.15) is 24.7 Å². The summed E-state index contributed by atoms with van der Waals surface area (Å²) in [6.45, 7) is 5.92. The van der Waals surface area contributed by atoms with Crippen molar-refractivity contribution < 1.29 is 9.90 Å². The zero-order valence-electron chi connectivity index (χ0n) is 9.86. The van der Waals surface area contributed by atoms with E-state index in [0.29, 0.717) is 13.0 Å². The fraction of sp³-hybridized carbons (Fsp3) is 0.500. The predicted octanol–water partition coefficient (Wildman–Crippen LogP) is 1.58. The van der Waals surface area contributed by atoms with Gasteiger partial charge in [0.2, 0.25) is 0 Å². The fourth-order valence-electron chi connectivity index (χ4n) is 1.78. The van der Waals surface area contributed by atoms with E-state index in [1.54, 1.807) is 0 Å². The second-order valence-corrected chi connectivity index (χ2v) is 4.03. The maximum Gasteiger partial charge on any atom is 0.308 e. The third-order valence-electron chi connectivity index (χ3n) is 2.80. The van der Waals surface area contributed by atoms with Crippen LogP contribution in [0.3, 0.4) is 0 Å². The Bertz CT molecular complexity index is 422. The second-order valence-electron chi connectivity index (χ2n) is 4.03. The van der Waals surface area contributed by atoms with Crippen molar-refractivity contribution in [2.45, 2.75) is 33.7 Å². The Morgan fingerprint density at radius 2 is 1.88 bits per heavy atom. The van der Waals surface area contributed by atoms with Crippen molar-refractivity contribution in [3.05, 3.63) is 33.7 Å². The average molecular weight is 223 g/mol. The van der Waals surface area contributed by atoms with E-state index >= 15 is 0 Å². The highest BCUT2D eigenvalue weighted by Crippen LogP contribution is 2.10. The molecule has 1 rings (SSSR count). The zero-order valence-corrected chi connectivity index (χ0v) is 9.86. The first-order chi connectivity index (χ1) is 7.45. The van der Waals surface area contributed by atoms with Crippen molar-refractivity contribution in [1.82, 2.24) is 4.57 Å². The van der Waals surface area contributed by atoms with Gasteiger partial charge in [-0.05, 0) is 20.3 Å². The number of nitrogens with zero attached hydrogens (tertiary/aromatic N) is 1. The molecule has 4 heteroatoms. The molecule has 1 aromatic rings. The molecule has 0 saturated carbocycles. The van der Waals surface area contributed by atoms with E-state index < -0.39 is 11.9 Å². The van der Waals surface area contributed by atoms with Gasteiger partial charge in [0, 0.05) is 30.1 Å². The smallest absolute Gasteiger partial charge is 0.308 e. The second kappa shape index (κ2) is 4.96. The summed E-state index contributed by atoms with van der Waals surface area (Å²) in [4.78, 5) is 22.2. The minimum Gasteiger partial charge on any atom is -0.481 e. The van der Waals surface area contributed by atoms with E-state index in [2.05, 4.69) is 0 Å². The Morgan fingerprint density at radius 3 is 2.25 bits per heavy atom. The molecule has 16 heavy (non-hydrogen) atoms. The van der Waals surface area contributed by atoms with Crippen LogP contribution < -0.4 is 5.43 Å². The number of aryl methyl sites for hydroxylation is 2. The van der Waals surface area contributed by atoms with Crippen molar-refractivity contribution in [2.75, 3.05) is 0 Å². The number of rotatable bonds is 4. The summed E-state index contributed by atoms with van der Waals surface area (Å²) in [6.07, 6.45) is 0.584. The van der Waals surface area contributed by atoms with Crippen LogP contribution in [0.5, 0.6) is 0 Å². The minimum absolute atomic E-state index is 0.0328. The molecule has 1 N–H and O–H groups in total. The summed E-state index contributed by atoms with van der Waals surface area (Å²) < 4.78 is 1.88. The summed E-state index contributed by atoms with van der Waals surface area (Å²) in [5.41, 5.74) is 1.59. The summed E-state index contributed by atoms with van der Waals surface area (Å²) in [7, 11) is 0. The third kappa shape index (κ3) is 2.72. The number of carboxylic acid groups (broad SMARTS) is 1. The zero-order chi connectivity index (χ0) is 12.3. The van der Waals surface area contributed by atoms with Gasteiger partial charge in [-0.2, -0.15) is 0 Å². The molecule has 0 radical (unpaired) electrons. The van der Waals surface area contributed by atoms with Gasteiger partial charge in [0.15, 0.2) is 5.43 Å². The molecule has 0 saturated heterocycles. The van der Waals surface area contributed by atoms with Crippen LogP contribution in [0.2, 0.25) is 0 Å². The molecular weight excluding hydrogens is 206 g/mol. The number of aromatic nitrogens is 1. The van der Waals surface area contributed by atoms with Crippen LogP contribution in [0.4, 0.5) is 0 Å². The molecule has 0 amide bonds. The molecule has 0 aliphatic heterocycles. The van der Waals surface area contributed by atoms with Crippen molar-refractivity contribution in [3.8, 4) is 0 Å². The quantitative estimate of drug-likeness (QED) is 0.843. The predicted molar refractivity (Wildman–Crippen MR) is 61.6 cm³/mol. The fourth-order valence-corrected chi connectivity index (χ4v) is 1.78. The first kappa shape index (κ1) is 12.5. The lowest BCUT2D eigenvalue weighted by molar-refractivity contribution is -0.142. The molecule has 1 heterocycles. The molecule has 1 unspecified atom stereocenters. The van der Waals surface area contributed by atoms with Crippen LogP contribution in [-0.4, -0.2) is 15.6 Å². The van der Waals surface area contributed by atoms with Crippen molar-refractivity contribution >= 4 is 5.97 Å². The first-order valence-corrected chi connectivity index (χ1v) is 5.36. The number of pyridine rings is 1. The summed E-state index contributed by atoms with van der Waals surface area (Å²) in [5, 5.41) is 9.00. The van der Waals surface area contributed by atoms with E-state index in [-0.39, 0.29) is 5.43 Å². The Morgan fingerprint density at radius 1 is 1.38 bits per heavy atom. The molecule has 88 valence electrons. The highest BCUT2D eigenvalue weighted by Gasteiger charge is 2.16. The lowest BCUT2D eigenvalue weighted by Gasteiger charge is -2.17. The van der Waals surface area contributed by atoms with E-state index in [1.165, 1.54) is 12.1 Å². The Hall–Kier alpha value is -1.58. The monoisotopic (exact) mass is 223 g/mol. The van der Waals surface area contributed by atoms with Crippen LogP contribution in [-0.2, 0) is 11.3 Å². The van der Waals surface area contributed by atoms with Crippen molar-refractivity contribution in [2.24, 2.45) is 5.92 Å². The molecule has 0 spiro atoms. The van der Waals surface area contributed by atoms with E-state index in [0.717, 1.165) is 11.4 Å². The number of carbonyl (C=O) groups is 1. The van der Waals surface area contributed by atoms with Crippen LogP contribution in [0, 0.1) is 19.8 Å². The highest BCUT2D eigenvalue weighted by atomic mass is 16.4. The van der Waals surface area contributed by atoms with Crippen molar-refractivity contribution in [1.29, 1.82) is 0 Å². The Kier molecular flexibility index (Phi) is 3.88. The Labute approximate surface area is 94.5 Å². The van der Waals surface area contributed by atoms with Gasteiger partial charge in [0.05, 0.1) is 5.92 Å². The normalized spacial score (nSPS) is 12.4. The van der Waals surface area contributed by atoms with E-state index in [1.807, 2.05) is 25.3 Å². The molecule has 0 bridgehead atoms. The van der Waals surface area contributed by atoms with Gasteiger partial charge in [0.1, 0.15) is 0 Å². The summed E-state index contributed by atoms with van der Waals surface area (Å²) in [5.74, 6) is -1.19.